The van der Waals surface area contributed by atoms with Gasteiger partial charge in [0, 0.05) is 11.3 Å². The summed E-state index contributed by atoms with van der Waals surface area (Å²) < 4.78 is 0. The maximum absolute atomic E-state index is 12.0. The van der Waals surface area contributed by atoms with Crippen LogP contribution in [0.1, 0.15) is 21.7 Å². The topological polar surface area (TPSA) is 80.9 Å². The number of carbonyl (C=O) groups is 1. The number of aromatic nitrogens is 2. The summed E-state index contributed by atoms with van der Waals surface area (Å²) in [5.74, 6) is 0.445. The average molecular weight is 242 g/mol. The van der Waals surface area contributed by atoms with E-state index in [2.05, 4.69) is 15.3 Å². The highest BCUT2D eigenvalue weighted by molar-refractivity contribution is 6.05. The van der Waals surface area contributed by atoms with Gasteiger partial charge in [-0.25, -0.2) is 9.97 Å². The van der Waals surface area contributed by atoms with Crippen LogP contribution in [0, 0.1) is 13.8 Å². The van der Waals surface area contributed by atoms with Gasteiger partial charge in [0.25, 0.3) is 5.91 Å². The number of carbonyl (C=O) groups excluding carboxylic acids is 1. The van der Waals surface area contributed by atoms with Crippen LogP contribution in [-0.2, 0) is 0 Å². The van der Waals surface area contributed by atoms with E-state index in [9.17, 15) is 4.79 Å². The SMILES string of the molecule is Cc1ncc(NC(=O)c2cc(N)ccc2C)cn1. The van der Waals surface area contributed by atoms with E-state index in [1.165, 1.54) is 0 Å². The highest BCUT2D eigenvalue weighted by atomic mass is 16.1. The number of rotatable bonds is 2. The molecule has 2 aromatic rings. The maximum Gasteiger partial charge on any atom is 0.256 e. The summed E-state index contributed by atoms with van der Waals surface area (Å²) in [5.41, 5.74) is 8.22. The van der Waals surface area contributed by atoms with Gasteiger partial charge in [0.1, 0.15) is 5.82 Å². The number of benzene rings is 1. The Labute approximate surface area is 105 Å². The first-order valence-electron chi connectivity index (χ1n) is 5.52. The van der Waals surface area contributed by atoms with Crippen molar-refractivity contribution in [2.24, 2.45) is 0 Å². The van der Waals surface area contributed by atoms with Gasteiger partial charge in [-0.3, -0.25) is 4.79 Å². The van der Waals surface area contributed by atoms with Crippen LogP contribution < -0.4 is 11.1 Å². The molecule has 0 unspecified atom stereocenters. The number of aryl methyl sites for hydroxylation is 2. The predicted octanol–water partition coefficient (Wildman–Crippen LogP) is 1.93. The van der Waals surface area contributed by atoms with E-state index in [-0.39, 0.29) is 5.91 Å². The first-order valence-corrected chi connectivity index (χ1v) is 5.52. The largest absolute Gasteiger partial charge is 0.399 e. The minimum atomic E-state index is -0.216. The number of nitrogens with one attached hydrogen (secondary N) is 1. The van der Waals surface area contributed by atoms with E-state index in [1.807, 2.05) is 13.0 Å². The Balaban J connectivity index is 2.21. The number of nitrogen functional groups attached to an aromatic ring is 1. The molecule has 1 aromatic heterocycles. The predicted molar refractivity (Wildman–Crippen MR) is 70.3 cm³/mol. The molecule has 92 valence electrons. The van der Waals surface area contributed by atoms with Gasteiger partial charge in [-0.1, -0.05) is 6.07 Å². The number of nitrogens with zero attached hydrogens (tertiary/aromatic N) is 2. The summed E-state index contributed by atoms with van der Waals surface area (Å²) in [6.45, 7) is 3.65. The Morgan fingerprint density at radius 2 is 1.89 bits per heavy atom. The Hall–Kier alpha value is -2.43. The molecule has 0 radical (unpaired) electrons. The molecule has 0 aliphatic rings. The van der Waals surface area contributed by atoms with Crippen molar-refractivity contribution in [2.45, 2.75) is 13.8 Å². The third-order valence-electron chi connectivity index (χ3n) is 2.55. The summed E-state index contributed by atoms with van der Waals surface area (Å²) in [6, 6.07) is 5.23. The van der Waals surface area contributed by atoms with E-state index in [0.29, 0.717) is 22.8 Å². The van der Waals surface area contributed by atoms with Gasteiger partial charge in [-0.05, 0) is 31.5 Å². The molecular formula is C13H14N4O. The number of hydrogen-bond donors (Lipinski definition) is 2. The summed E-state index contributed by atoms with van der Waals surface area (Å²) in [6.07, 6.45) is 3.14. The number of amides is 1. The third-order valence-corrected chi connectivity index (χ3v) is 2.55. The smallest absolute Gasteiger partial charge is 0.256 e. The van der Waals surface area contributed by atoms with E-state index in [0.717, 1.165) is 5.56 Å². The summed E-state index contributed by atoms with van der Waals surface area (Å²) in [5, 5.41) is 2.73. The molecule has 0 saturated carbocycles. The second-order valence-corrected chi connectivity index (χ2v) is 4.05. The zero-order valence-electron chi connectivity index (χ0n) is 10.3. The minimum absolute atomic E-state index is 0.216. The van der Waals surface area contributed by atoms with Gasteiger partial charge in [0.15, 0.2) is 0 Å². The molecule has 0 saturated heterocycles. The monoisotopic (exact) mass is 242 g/mol. The first kappa shape index (κ1) is 12.0. The lowest BCUT2D eigenvalue weighted by Crippen LogP contribution is -2.14. The molecule has 0 aliphatic carbocycles. The van der Waals surface area contributed by atoms with Gasteiger partial charge in [-0.2, -0.15) is 0 Å². The van der Waals surface area contributed by atoms with Crippen molar-refractivity contribution in [3.05, 3.63) is 47.5 Å². The zero-order chi connectivity index (χ0) is 13.1. The van der Waals surface area contributed by atoms with Gasteiger partial charge < -0.3 is 11.1 Å². The first-order chi connectivity index (χ1) is 8.56. The second-order valence-electron chi connectivity index (χ2n) is 4.05. The lowest BCUT2D eigenvalue weighted by atomic mass is 10.1. The summed E-state index contributed by atoms with van der Waals surface area (Å²) in [7, 11) is 0. The quantitative estimate of drug-likeness (QED) is 0.788. The Kier molecular flexibility index (Phi) is 3.23. The standard InChI is InChI=1S/C13H14N4O/c1-8-3-4-10(14)5-12(8)13(18)17-11-6-15-9(2)16-7-11/h3-7H,14H2,1-2H3,(H,17,18). The van der Waals surface area contributed by atoms with Crippen LogP contribution in [0.5, 0.6) is 0 Å². The van der Waals surface area contributed by atoms with Crippen LogP contribution >= 0.6 is 0 Å². The van der Waals surface area contributed by atoms with Crippen LogP contribution in [0.2, 0.25) is 0 Å². The fourth-order valence-electron chi connectivity index (χ4n) is 1.54. The highest BCUT2D eigenvalue weighted by Gasteiger charge is 2.09. The van der Waals surface area contributed by atoms with Crippen molar-refractivity contribution in [1.29, 1.82) is 0 Å². The zero-order valence-corrected chi connectivity index (χ0v) is 10.3. The maximum atomic E-state index is 12.0. The van der Waals surface area contributed by atoms with Crippen molar-refractivity contribution in [3.63, 3.8) is 0 Å². The van der Waals surface area contributed by atoms with E-state index < -0.39 is 0 Å². The number of nitrogens with two attached hydrogens (primary N) is 1. The molecular weight excluding hydrogens is 228 g/mol. The molecule has 2 rings (SSSR count). The van der Waals surface area contributed by atoms with Gasteiger partial charge in [0.05, 0.1) is 18.1 Å². The fourth-order valence-corrected chi connectivity index (χ4v) is 1.54. The van der Waals surface area contributed by atoms with Crippen molar-refractivity contribution >= 4 is 17.3 Å². The Bertz CT molecular complexity index is 578. The van der Waals surface area contributed by atoms with Gasteiger partial charge in [-0.15, -0.1) is 0 Å². The van der Waals surface area contributed by atoms with Crippen molar-refractivity contribution < 1.29 is 4.79 Å². The van der Waals surface area contributed by atoms with Gasteiger partial charge >= 0.3 is 0 Å². The van der Waals surface area contributed by atoms with Crippen LogP contribution in [0.4, 0.5) is 11.4 Å². The third kappa shape index (κ3) is 2.63. The number of hydrogen-bond acceptors (Lipinski definition) is 4. The van der Waals surface area contributed by atoms with Crippen molar-refractivity contribution in [1.82, 2.24) is 9.97 Å². The minimum Gasteiger partial charge on any atom is -0.399 e. The van der Waals surface area contributed by atoms with E-state index >= 15 is 0 Å². The summed E-state index contributed by atoms with van der Waals surface area (Å²) in [4.78, 5) is 20.1. The average Bonchev–Trinajstić information content (AvgIpc) is 2.35. The van der Waals surface area contributed by atoms with Crippen molar-refractivity contribution in [3.8, 4) is 0 Å². The molecule has 18 heavy (non-hydrogen) atoms. The second kappa shape index (κ2) is 4.83. The van der Waals surface area contributed by atoms with Crippen molar-refractivity contribution in [2.75, 3.05) is 11.1 Å². The summed E-state index contributed by atoms with van der Waals surface area (Å²) >= 11 is 0. The lowest BCUT2D eigenvalue weighted by molar-refractivity contribution is 0.102. The normalized spacial score (nSPS) is 10.1. The molecule has 0 spiro atoms. The van der Waals surface area contributed by atoms with Gasteiger partial charge in [0.2, 0.25) is 0 Å². The lowest BCUT2D eigenvalue weighted by Gasteiger charge is -2.08. The molecule has 1 amide bonds. The molecule has 0 atom stereocenters. The highest BCUT2D eigenvalue weighted by Crippen LogP contribution is 2.14. The van der Waals surface area contributed by atoms with Crippen LogP contribution in [0.3, 0.4) is 0 Å². The van der Waals surface area contributed by atoms with E-state index in [1.54, 1.807) is 31.5 Å². The molecule has 3 N–H and O–H groups in total. The van der Waals surface area contributed by atoms with Crippen LogP contribution in [-0.4, -0.2) is 15.9 Å². The van der Waals surface area contributed by atoms with Crippen LogP contribution in [0.25, 0.3) is 0 Å². The Morgan fingerprint density at radius 3 is 2.56 bits per heavy atom. The van der Waals surface area contributed by atoms with E-state index in [4.69, 9.17) is 5.73 Å². The molecule has 1 aromatic carbocycles. The molecule has 5 nitrogen and oxygen atoms in total. The fraction of sp³-hybridized carbons (Fsp3) is 0.154. The number of anilines is 2. The molecule has 0 aliphatic heterocycles. The molecule has 5 heteroatoms. The molecule has 0 fully saturated rings. The Morgan fingerprint density at radius 1 is 1.22 bits per heavy atom. The molecule has 1 heterocycles. The van der Waals surface area contributed by atoms with Crippen LogP contribution in [0.15, 0.2) is 30.6 Å². The molecule has 0 bridgehead atoms.